The first-order valence-electron chi connectivity index (χ1n) is 6.61. The second-order valence-corrected chi connectivity index (χ2v) is 7.58. The van der Waals surface area contributed by atoms with Crippen LogP contribution in [0.15, 0.2) is 17.0 Å². The Balaban J connectivity index is 2.93. The van der Waals surface area contributed by atoms with Gasteiger partial charge in [-0.05, 0) is 32.1 Å². The number of nitrogens with one attached hydrogen (secondary N) is 1. The Bertz CT molecular complexity index is 566. The number of rotatable bonds is 7. The summed E-state index contributed by atoms with van der Waals surface area (Å²) in [7, 11) is -3.78. The van der Waals surface area contributed by atoms with E-state index >= 15 is 0 Å². The number of likely N-dealkylation sites (N-methyl/N-ethyl adjacent to an activating group) is 1. The minimum atomic E-state index is -3.78. The molecule has 1 atom stereocenters. The maximum Gasteiger partial charge on any atom is 0.243 e. The van der Waals surface area contributed by atoms with Gasteiger partial charge in [0.05, 0.1) is 10.0 Å². The van der Waals surface area contributed by atoms with Crippen LogP contribution in [-0.2, 0) is 10.0 Å². The molecule has 0 spiro atoms. The van der Waals surface area contributed by atoms with Gasteiger partial charge in [0.2, 0.25) is 10.0 Å². The van der Waals surface area contributed by atoms with Crippen molar-refractivity contribution in [3.63, 3.8) is 0 Å². The molecule has 1 aromatic carbocycles. The highest BCUT2D eigenvalue weighted by molar-refractivity contribution is 7.89. The molecule has 0 heterocycles. The lowest BCUT2D eigenvalue weighted by Crippen LogP contribution is -2.42. The highest BCUT2D eigenvalue weighted by Gasteiger charge is 2.23. The van der Waals surface area contributed by atoms with Gasteiger partial charge in [-0.25, -0.2) is 13.1 Å². The van der Waals surface area contributed by atoms with E-state index in [9.17, 15) is 8.42 Å². The first-order valence-corrected chi connectivity index (χ1v) is 9.22. The van der Waals surface area contributed by atoms with Crippen molar-refractivity contribution in [3.8, 4) is 0 Å². The summed E-state index contributed by atoms with van der Waals surface area (Å²) in [6.45, 7) is 7.99. The van der Waals surface area contributed by atoms with Gasteiger partial charge in [-0.2, -0.15) is 0 Å². The van der Waals surface area contributed by atoms with Crippen LogP contribution in [0.5, 0.6) is 0 Å². The summed E-state index contributed by atoms with van der Waals surface area (Å²) in [4.78, 5) is 2.01. The van der Waals surface area contributed by atoms with Gasteiger partial charge >= 0.3 is 0 Å². The van der Waals surface area contributed by atoms with Gasteiger partial charge in [0.15, 0.2) is 0 Å². The molecule has 0 aliphatic heterocycles. The van der Waals surface area contributed by atoms with Gasteiger partial charge in [0.1, 0.15) is 4.90 Å². The van der Waals surface area contributed by atoms with Gasteiger partial charge in [-0.15, -0.1) is 0 Å². The van der Waals surface area contributed by atoms with Crippen LogP contribution in [-0.4, -0.2) is 39.0 Å². The molecule has 1 unspecified atom stereocenters. The summed E-state index contributed by atoms with van der Waals surface area (Å²) in [5, 5.41) is 0.312. The van der Waals surface area contributed by atoms with E-state index in [0.717, 1.165) is 13.1 Å². The topological polar surface area (TPSA) is 49.4 Å². The smallest absolute Gasteiger partial charge is 0.243 e. The predicted molar refractivity (Wildman–Crippen MR) is 89.0 cm³/mol. The summed E-state index contributed by atoms with van der Waals surface area (Å²) in [5.74, 6) is 0. The zero-order valence-electron chi connectivity index (χ0n) is 12.2. The number of halogens is 3. The lowest BCUT2D eigenvalue weighted by Gasteiger charge is -2.26. The van der Waals surface area contributed by atoms with Crippen LogP contribution in [0.25, 0.3) is 0 Å². The lowest BCUT2D eigenvalue weighted by molar-refractivity contribution is 0.232. The van der Waals surface area contributed by atoms with E-state index in [0.29, 0.717) is 5.02 Å². The lowest BCUT2D eigenvalue weighted by atomic mass is 10.3. The van der Waals surface area contributed by atoms with Gasteiger partial charge in [-0.3, -0.25) is 4.90 Å². The third-order valence-corrected chi connectivity index (χ3v) is 5.80. The predicted octanol–water partition coefficient (Wildman–Crippen LogP) is 3.66. The largest absolute Gasteiger partial charge is 0.300 e. The van der Waals surface area contributed by atoms with Gasteiger partial charge in [-0.1, -0.05) is 48.7 Å². The molecular weight excluding hydrogens is 355 g/mol. The monoisotopic (exact) mass is 372 g/mol. The van der Waals surface area contributed by atoms with E-state index in [1.165, 1.54) is 12.1 Å². The van der Waals surface area contributed by atoms with E-state index in [-0.39, 0.29) is 27.5 Å². The van der Waals surface area contributed by atoms with E-state index in [4.69, 9.17) is 34.8 Å². The summed E-state index contributed by atoms with van der Waals surface area (Å²) in [6, 6.07) is 2.79. The van der Waals surface area contributed by atoms with Crippen LogP contribution in [0, 0.1) is 0 Å². The number of nitrogens with zero attached hydrogens (tertiary/aromatic N) is 1. The minimum Gasteiger partial charge on any atom is -0.300 e. The molecule has 21 heavy (non-hydrogen) atoms. The second kappa shape index (κ2) is 7.99. The van der Waals surface area contributed by atoms with Crippen LogP contribution in [0.3, 0.4) is 0 Å². The van der Waals surface area contributed by atoms with Crippen LogP contribution in [0.4, 0.5) is 0 Å². The summed E-state index contributed by atoms with van der Waals surface area (Å²) >= 11 is 17.7. The maximum atomic E-state index is 12.3. The third-order valence-electron chi connectivity index (χ3n) is 3.24. The van der Waals surface area contributed by atoms with Crippen molar-refractivity contribution in [1.29, 1.82) is 0 Å². The number of hydrogen-bond donors (Lipinski definition) is 1. The fourth-order valence-corrected chi connectivity index (χ4v) is 4.73. The average Bonchev–Trinajstić information content (AvgIpc) is 2.36. The normalized spacial score (nSPS) is 13.7. The van der Waals surface area contributed by atoms with Crippen molar-refractivity contribution in [2.24, 2.45) is 0 Å². The summed E-state index contributed by atoms with van der Waals surface area (Å²) < 4.78 is 27.2. The average molecular weight is 374 g/mol. The number of hydrogen-bond acceptors (Lipinski definition) is 3. The van der Waals surface area contributed by atoms with Crippen molar-refractivity contribution in [3.05, 3.63) is 27.2 Å². The molecule has 0 amide bonds. The number of benzene rings is 1. The molecule has 0 saturated carbocycles. The van der Waals surface area contributed by atoms with Crippen LogP contribution in [0.2, 0.25) is 15.1 Å². The maximum absolute atomic E-state index is 12.3. The van der Waals surface area contributed by atoms with Gasteiger partial charge < -0.3 is 0 Å². The molecule has 0 saturated heterocycles. The Morgan fingerprint density at radius 1 is 1.14 bits per heavy atom. The molecule has 0 radical (unpaired) electrons. The fraction of sp³-hybridized carbons (Fsp3) is 0.538. The van der Waals surface area contributed by atoms with E-state index < -0.39 is 10.0 Å². The molecule has 0 bridgehead atoms. The third kappa shape index (κ3) is 4.98. The molecule has 1 rings (SSSR count). The van der Waals surface area contributed by atoms with E-state index in [2.05, 4.69) is 9.62 Å². The summed E-state index contributed by atoms with van der Waals surface area (Å²) in [5.41, 5.74) is 0. The number of sulfonamides is 1. The second-order valence-electron chi connectivity index (χ2n) is 4.62. The quantitative estimate of drug-likeness (QED) is 0.793. The SMILES string of the molecule is CCN(CC)C(C)CNS(=O)(=O)c1c(Cl)cc(Cl)cc1Cl. The fourth-order valence-electron chi connectivity index (χ4n) is 2.06. The molecule has 0 aromatic heterocycles. The Morgan fingerprint density at radius 3 is 2.05 bits per heavy atom. The standard InChI is InChI=1S/C13H19Cl3N2O2S/c1-4-18(5-2)9(3)8-17-21(19,20)13-11(15)6-10(14)7-12(13)16/h6-7,9,17H,4-5,8H2,1-3H3. The molecule has 0 aliphatic carbocycles. The van der Waals surface area contributed by atoms with Crippen LogP contribution in [0.1, 0.15) is 20.8 Å². The van der Waals surface area contributed by atoms with Crippen molar-refractivity contribution in [2.75, 3.05) is 19.6 Å². The Hall–Kier alpha value is -0.0400. The Morgan fingerprint density at radius 2 is 1.62 bits per heavy atom. The molecule has 4 nitrogen and oxygen atoms in total. The molecule has 1 aromatic rings. The zero-order chi connectivity index (χ0) is 16.2. The Labute approximate surface area is 141 Å². The first kappa shape index (κ1) is 19.0. The van der Waals surface area contributed by atoms with E-state index in [1.54, 1.807) is 0 Å². The van der Waals surface area contributed by atoms with Crippen molar-refractivity contribution >= 4 is 44.8 Å². The molecule has 120 valence electrons. The van der Waals surface area contributed by atoms with Crippen molar-refractivity contribution in [2.45, 2.75) is 31.7 Å². The molecule has 0 fully saturated rings. The van der Waals surface area contributed by atoms with Gasteiger partial charge in [0.25, 0.3) is 0 Å². The first-order chi connectivity index (χ1) is 9.72. The van der Waals surface area contributed by atoms with E-state index in [1.807, 2.05) is 20.8 Å². The summed E-state index contributed by atoms with van der Waals surface area (Å²) in [6.07, 6.45) is 0. The molecule has 8 heteroatoms. The zero-order valence-corrected chi connectivity index (χ0v) is 15.2. The Kier molecular flexibility index (Phi) is 7.24. The van der Waals surface area contributed by atoms with Crippen LogP contribution >= 0.6 is 34.8 Å². The van der Waals surface area contributed by atoms with Gasteiger partial charge in [0, 0.05) is 17.6 Å². The highest BCUT2D eigenvalue weighted by atomic mass is 35.5. The van der Waals surface area contributed by atoms with Crippen LogP contribution < -0.4 is 4.72 Å². The molecular formula is C13H19Cl3N2O2S. The van der Waals surface area contributed by atoms with Crippen molar-refractivity contribution in [1.82, 2.24) is 9.62 Å². The molecule has 1 N–H and O–H groups in total. The highest BCUT2D eigenvalue weighted by Crippen LogP contribution is 2.32. The van der Waals surface area contributed by atoms with Crippen molar-refractivity contribution < 1.29 is 8.42 Å². The minimum absolute atomic E-state index is 0.00972. The molecule has 0 aliphatic rings.